The molecular weight excluding hydrogens is 222 g/mol. The number of aromatic nitrogens is 1. The third-order valence-electron chi connectivity index (χ3n) is 3.14. The van der Waals surface area contributed by atoms with Crippen LogP contribution in [0.25, 0.3) is 5.69 Å². The van der Waals surface area contributed by atoms with Crippen molar-refractivity contribution in [3.8, 4) is 5.69 Å². The lowest BCUT2D eigenvalue weighted by atomic mass is 10.2. The Morgan fingerprint density at radius 3 is 2.39 bits per heavy atom. The van der Waals surface area contributed by atoms with Crippen LogP contribution in [0.15, 0.2) is 36.4 Å². The van der Waals surface area contributed by atoms with Crippen LogP contribution in [0.5, 0.6) is 0 Å². The SMILES string of the molecule is Cc1cc(CNN(C)C)c(C)n1-c1ccccc1. The lowest BCUT2D eigenvalue weighted by Crippen LogP contribution is -2.29. The number of hydrazine groups is 1. The van der Waals surface area contributed by atoms with Gasteiger partial charge in [0.2, 0.25) is 0 Å². The number of rotatable bonds is 4. The Labute approximate surface area is 109 Å². The fraction of sp³-hybridized carbons (Fsp3) is 0.333. The Morgan fingerprint density at radius 1 is 1.11 bits per heavy atom. The van der Waals surface area contributed by atoms with E-state index in [2.05, 4.69) is 54.2 Å². The number of aryl methyl sites for hydroxylation is 1. The van der Waals surface area contributed by atoms with E-state index < -0.39 is 0 Å². The van der Waals surface area contributed by atoms with Crippen LogP contribution in [-0.4, -0.2) is 23.7 Å². The monoisotopic (exact) mass is 243 g/mol. The molecule has 2 aromatic rings. The van der Waals surface area contributed by atoms with Crippen LogP contribution < -0.4 is 5.43 Å². The molecule has 0 aliphatic carbocycles. The summed E-state index contributed by atoms with van der Waals surface area (Å²) in [7, 11) is 4.02. The maximum atomic E-state index is 3.31. The van der Waals surface area contributed by atoms with Gasteiger partial charge in [0.15, 0.2) is 0 Å². The number of hydrogen-bond donors (Lipinski definition) is 1. The average Bonchev–Trinajstić information content (AvgIpc) is 2.63. The second-order valence-electron chi connectivity index (χ2n) is 4.80. The van der Waals surface area contributed by atoms with E-state index >= 15 is 0 Å². The third kappa shape index (κ3) is 2.63. The highest BCUT2D eigenvalue weighted by Gasteiger charge is 2.10. The molecule has 0 atom stereocenters. The minimum atomic E-state index is 0.861. The first-order chi connectivity index (χ1) is 8.59. The fourth-order valence-electron chi connectivity index (χ4n) is 2.23. The molecule has 2 rings (SSSR count). The lowest BCUT2D eigenvalue weighted by molar-refractivity contribution is 0.285. The van der Waals surface area contributed by atoms with E-state index in [0.717, 1.165) is 6.54 Å². The molecule has 18 heavy (non-hydrogen) atoms. The van der Waals surface area contributed by atoms with E-state index in [-0.39, 0.29) is 0 Å². The molecule has 3 heteroatoms. The molecule has 1 N–H and O–H groups in total. The summed E-state index contributed by atoms with van der Waals surface area (Å²) in [5.74, 6) is 0. The quantitative estimate of drug-likeness (QED) is 0.833. The Hall–Kier alpha value is -1.58. The van der Waals surface area contributed by atoms with Gasteiger partial charge in [0.1, 0.15) is 0 Å². The van der Waals surface area contributed by atoms with E-state index in [0.29, 0.717) is 0 Å². The van der Waals surface area contributed by atoms with Gasteiger partial charge in [0, 0.05) is 37.7 Å². The van der Waals surface area contributed by atoms with Crippen molar-refractivity contribution < 1.29 is 0 Å². The molecule has 1 heterocycles. The normalized spacial score (nSPS) is 11.2. The molecule has 0 saturated heterocycles. The molecule has 1 aromatic carbocycles. The van der Waals surface area contributed by atoms with Crippen molar-refractivity contribution in [3.63, 3.8) is 0 Å². The molecule has 1 aromatic heterocycles. The van der Waals surface area contributed by atoms with E-state index in [1.165, 1.54) is 22.6 Å². The minimum Gasteiger partial charge on any atom is -0.318 e. The molecule has 0 unspecified atom stereocenters. The summed E-state index contributed by atoms with van der Waals surface area (Å²) < 4.78 is 2.30. The molecule has 96 valence electrons. The molecule has 0 saturated carbocycles. The zero-order valence-corrected chi connectivity index (χ0v) is 11.6. The first-order valence-corrected chi connectivity index (χ1v) is 6.23. The van der Waals surface area contributed by atoms with Crippen LogP contribution in [0.3, 0.4) is 0 Å². The Kier molecular flexibility index (Phi) is 3.84. The van der Waals surface area contributed by atoms with Crippen LogP contribution in [0, 0.1) is 13.8 Å². The van der Waals surface area contributed by atoms with Crippen molar-refractivity contribution in [2.45, 2.75) is 20.4 Å². The largest absolute Gasteiger partial charge is 0.318 e. The third-order valence-corrected chi connectivity index (χ3v) is 3.14. The van der Waals surface area contributed by atoms with Crippen molar-refractivity contribution in [2.24, 2.45) is 0 Å². The maximum Gasteiger partial charge on any atom is 0.0455 e. The first kappa shape index (κ1) is 12.9. The van der Waals surface area contributed by atoms with Crippen LogP contribution >= 0.6 is 0 Å². The second kappa shape index (κ2) is 5.38. The van der Waals surface area contributed by atoms with Crippen molar-refractivity contribution in [2.75, 3.05) is 14.1 Å². The molecule has 3 nitrogen and oxygen atoms in total. The highest BCUT2D eigenvalue weighted by molar-refractivity contribution is 5.40. The molecule has 0 spiro atoms. The molecule has 0 bridgehead atoms. The van der Waals surface area contributed by atoms with E-state index in [4.69, 9.17) is 0 Å². The molecule has 0 fully saturated rings. The Balaban J connectivity index is 2.33. The molecule has 0 aliphatic heterocycles. The zero-order valence-electron chi connectivity index (χ0n) is 11.6. The highest BCUT2D eigenvalue weighted by Crippen LogP contribution is 2.20. The van der Waals surface area contributed by atoms with Crippen molar-refractivity contribution in [1.82, 2.24) is 15.0 Å². The van der Waals surface area contributed by atoms with Gasteiger partial charge in [0.25, 0.3) is 0 Å². The van der Waals surface area contributed by atoms with Crippen molar-refractivity contribution in [3.05, 3.63) is 53.3 Å². The standard InChI is InChI=1S/C15H21N3/c1-12-10-14(11-16-17(3)4)13(2)18(12)15-8-6-5-7-9-15/h5-10,16H,11H2,1-4H3. The Bertz CT molecular complexity index is 512. The summed E-state index contributed by atoms with van der Waals surface area (Å²) in [6.45, 7) is 5.19. The number of nitrogens with zero attached hydrogens (tertiary/aromatic N) is 2. The lowest BCUT2D eigenvalue weighted by Gasteiger charge is -2.13. The topological polar surface area (TPSA) is 20.2 Å². The predicted molar refractivity (Wildman–Crippen MR) is 75.8 cm³/mol. The van der Waals surface area contributed by atoms with Crippen LogP contribution in [-0.2, 0) is 6.54 Å². The van der Waals surface area contributed by atoms with Crippen molar-refractivity contribution >= 4 is 0 Å². The summed E-state index contributed by atoms with van der Waals surface area (Å²) >= 11 is 0. The molecular formula is C15H21N3. The number of para-hydroxylation sites is 1. The maximum absolute atomic E-state index is 3.31. The van der Waals surface area contributed by atoms with E-state index in [9.17, 15) is 0 Å². The second-order valence-corrected chi connectivity index (χ2v) is 4.80. The number of benzene rings is 1. The summed E-state index contributed by atoms with van der Waals surface area (Å²) in [6, 6.07) is 12.7. The van der Waals surface area contributed by atoms with Crippen LogP contribution in [0.2, 0.25) is 0 Å². The van der Waals surface area contributed by atoms with Gasteiger partial charge in [-0.25, -0.2) is 0 Å². The predicted octanol–water partition coefficient (Wildman–Crippen LogP) is 2.66. The summed E-state index contributed by atoms with van der Waals surface area (Å²) in [4.78, 5) is 0. The smallest absolute Gasteiger partial charge is 0.0455 e. The van der Waals surface area contributed by atoms with Gasteiger partial charge in [-0.3, -0.25) is 10.4 Å². The average molecular weight is 243 g/mol. The summed E-state index contributed by atoms with van der Waals surface area (Å²) in [5, 5.41) is 1.98. The molecule has 0 aliphatic rings. The van der Waals surface area contributed by atoms with Gasteiger partial charge in [-0.1, -0.05) is 18.2 Å². The first-order valence-electron chi connectivity index (χ1n) is 6.23. The Morgan fingerprint density at radius 2 is 1.78 bits per heavy atom. The number of nitrogens with one attached hydrogen (secondary N) is 1. The van der Waals surface area contributed by atoms with Crippen LogP contribution in [0.4, 0.5) is 0 Å². The van der Waals surface area contributed by atoms with Gasteiger partial charge >= 0.3 is 0 Å². The van der Waals surface area contributed by atoms with Crippen molar-refractivity contribution in [1.29, 1.82) is 0 Å². The zero-order chi connectivity index (χ0) is 13.1. The van der Waals surface area contributed by atoms with Crippen LogP contribution in [0.1, 0.15) is 17.0 Å². The van der Waals surface area contributed by atoms with Gasteiger partial charge in [-0.15, -0.1) is 0 Å². The molecule has 0 amide bonds. The summed E-state index contributed by atoms with van der Waals surface area (Å²) in [6.07, 6.45) is 0. The number of hydrogen-bond acceptors (Lipinski definition) is 2. The highest BCUT2D eigenvalue weighted by atomic mass is 15.5. The van der Waals surface area contributed by atoms with Gasteiger partial charge in [-0.2, -0.15) is 0 Å². The van der Waals surface area contributed by atoms with E-state index in [1.807, 2.05) is 25.2 Å². The fourth-order valence-corrected chi connectivity index (χ4v) is 2.23. The van der Waals surface area contributed by atoms with Gasteiger partial charge in [0.05, 0.1) is 0 Å². The van der Waals surface area contributed by atoms with Gasteiger partial charge in [-0.05, 0) is 37.6 Å². The summed E-state index contributed by atoms with van der Waals surface area (Å²) in [5.41, 5.74) is 8.45. The molecule has 0 radical (unpaired) electrons. The van der Waals surface area contributed by atoms with E-state index in [1.54, 1.807) is 0 Å². The van der Waals surface area contributed by atoms with Gasteiger partial charge < -0.3 is 4.57 Å². The minimum absolute atomic E-state index is 0.861.